The molecule has 2 heterocycles. The molecule has 0 bridgehead atoms. The summed E-state index contributed by atoms with van der Waals surface area (Å²) in [5.41, 5.74) is 0.494. The Kier molecular flexibility index (Phi) is 4.45. The molecule has 0 atom stereocenters. The molecule has 21 heavy (non-hydrogen) atoms. The number of hydrogen-bond donors (Lipinski definition) is 0. The highest BCUT2D eigenvalue weighted by molar-refractivity contribution is 7.89. The number of aryl methyl sites for hydroxylation is 1. The Morgan fingerprint density at radius 2 is 2.24 bits per heavy atom. The van der Waals surface area contributed by atoms with E-state index in [2.05, 4.69) is 9.89 Å². The van der Waals surface area contributed by atoms with Gasteiger partial charge in [0, 0.05) is 13.1 Å². The third-order valence-corrected chi connectivity index (χ3v) is 5.62. The summed E-state index contributed by atoms with van der Waals surface area (Å²) in [4.78, 5) is 11.6. The highest BCUT2D eigenvalue weighted by Crippen LogP contribution is 2.26. The minimum Gasteiger partial charge on any atom is -0.465 e. The molecule has 9 heteroatoms. The van der Waals surface area contributed by atoms with Crippen LogP contribution in [0.4, 0.5) is 0 Å². The van der Waals surface area contributed by atoms with Gasteiger partial charge in [-0.25, -0.2) is 13.2 Å². The third-order valence-electron chi connectivity index (χ3n) is 2.75. The lowest BCUT2D eigenvalue weighted by molar-refractivity contribution is 0.0602. The van der Waals surface area contributed by atoms with Crippen LogP contribution in [0.3, 0.4) is 0 Å². The van der Waals surface area contributed by atoms with Crippen molar-refractivity contribution in [2.75, 3.05) is 14.2 Å². The molecule has 0 amide bonds. The first-order valence-corrected chi connectivity index (χ1v) is 8.22. The number of rotatable bonds is 5. The summed E-state index contributed by atoms with van der Waals surface area (Å²) in [6, 6.07) is 3.04. The molecule has 0 aromatic carbocycles. The first-order valence-electron chi connectivity index (χ1n) is 5.90. The molecule has 114 valence electrons. The predicted molar refractivity (Wildman–Crippen MR) is 75.6 cm³/mol. The van der Waals surface area contributed by atoms with Crippen molar-refractivity contribution in [3.8, 4) is 0 Å². The zero-order valence-electron chi connectivity index (χ0n) is 11.7. The van der Waals surface area contributed by atoms with E-state index in [-0.39, 0.29) is 16.3 Å². The van der Waals surface area contributed by atoms with E-state index in [0.29, 0.717) is 11.5 Å². The van der Waals surface area contributed by atoms with Crippen LogP contribution in [0.1, 0.15) is 21.1 Å². The van der Waals surface area contributed by atoms with Crippen molar-refractivity contribution in [2.24, 2.45) is 0 Å². The Bertz CT molecular complexity index is 747. The number of methoxy groups -OCH3 is 1. The van der Waals surface area contributed by atoms with Crippen LogP contribution in [0, 0.1) is 6.92 Å². The van der Waals surface area contributed by atoms with E-state index in [4.69, 9.17) is 4.52 Å². The fourth-order valence-corrected chi connectivity index (χ4v) is 4.16. The van der Waals surface area contributed by atoms with Gasteiger partial charge in [0.1, 0.15) is 15.5 Å². The summed E-state index contributed by atoms with van der Waals surface area (Å²) in [5.74, 6) is -0.0733. The van der Waals surface area contributed by atoms with Gasteiger partial charge in [0.05, 0.1) is 19.3 Å². The second-order valence-electron chi connectivity index (χ2n) is 4.30. The van der Waals surface area contributed by atoms with Crippen LogP contribution in [-0.4, -0.2) is 38.0 Å². The van der Waals surface area contributed by atoms with Gasteiger partial charge in [-0.3, -0.25) is 0 Å². The first kappa shape index (κ1) is 15.7. The molecule has 0 unspecified atom stereocenters. The molecule has 0 saturated heterocycles. The minimum absolute atomic E-state index is 0.0517. The van der Waals surface area contributed by atoms with Crippen molar-refractivity contribution in [1.29, 1.82) is 0 Å². The summed E-state index contributed by atoms with van der Waals surface area (Å²) < 4.78 is 35.6. The lowest BCUT2D eigenvalue weighted by Crippen LogP contribution is -2.27. The molecule has 2 aromatic heterocycles. The van der Waals surface area contributed by atoms with Gasteiger partial charge in [-0.2, -0.15) is 4.31 Å². The van der Waals surface area contributed by atoms with Crippen LogP contribution >= 0.6 is 11.3 Å². The van der Waals surface area contributed by atoms with Crippen molar-refractivity contribution < 1.29 is 22.5 Å². The molecular weight excluding hydrogens is 316 g/mol. The quantitative estimate of drug-likeness (QED) is 0.774. The average molecular weight is 330 g/mol. The maximum Gasteiger partial charge on any atom is 0.349 e. The zero-order valence-corrected chi connectivity index (χ0v) is 13.3. The van der Waals surface area contributed by atoms with Crippen LogP contribution in [0.15, 0.2) is 26.9 Å². The van der Waals surface area contributed by atoms with Gasteiger partial charge in [0.2, 0.25) is 10.0 Å². The van der Waals surface area contributed by atoms with Gasteiger partial charge in [-0.05, 0) is 18.4 Å². The van der Waals surface area contributed by atoms with Crippen LogP contribution < -0.4 is 0 Å². The number of carbonyl (C=O) groups excluding carboxylic acids is 1. The number of thiophene rings is 1. The summed E-state index contributed by atoms with van der Waals surface area (Å²) >= 11 is 1.02. The molecular formula is C12H14N2O5S2. The molecule has 0 fully saturated rings. The Morgan fingerprint density at radius 1 is 1.52 bits per heavy atom. The Balaban J connectivity index is 2.29. The van der Waals surface area contributed by atoms with E-state index in [1.54, 1.807) is 13.0 Å². The van der Waals surface area contributed by atoms with Gasteiger partial charge in [0.15, 0.2) is 0 Å². The van der Waals surface area contributed by atoms with Crippen LogP contribution in [0.5, 0.6) is 0 Å². The predicted octanol–water partition coefficient (Wildman–Crippen LogP) is 1.65. The SMILES string of the molecule is COC(=O)c1sccc1S(=O)(=O)N(C)Cc1cc(C)on1. The average Bonchev–Trinajstić information content (AvgIpc) is 3.07. The van der Waals surface area contributed by atoms with Gasteiger partial charge < -0.3 is 9.26 Å². The second-order valence-corrected chi connectivity index (χ2v) is 7.22. The Hall–Kier alpha value is -1.71. The molecule has 0 aliphatic heterocycles. The number of ether oxygens (including phenoxy) is 1. The molecule has 2 aromatic rings. The number of aromatic nitrogens is 1. The zero-order chi connectivity index (χ0) is 15.6. The molecule has 0 radical (unpaired) electrons. The van der Waals surface area contributed by atoms with E-state index < -0.39 is 16.0 Å². The van der Waals surface area contributed by atoms with E-state index in [1.165, 1.54) is 25.6 Å². The fourth-order valence-electron chi connectivity index (χ4n) is 1.72. The molecule has 0 aliphatic rings. The molecule has 0 spiro atoms. The topological polar surface area (TPSA) is 89.7 Å². The van der Waals surface area contributed by atoms with Crippen molar-refractivity contribution in [2.45, 2.75) is 18.4 Å². The summed E-state index contributed by atoms with van der Waals surface area (Å²) in [5, 5.41) is 5.29. The van der Waals surface area contributed by atoms with Crippen molar-refractivity contribution in [1.82, 2.24) is 9.46 Å². The van der Waals surface area contributed by atoms with Crippen molar-refractivity contribution in [3.63, 3.8) is 0 Å². The maximum absolute atomic E-state index is 12.5. The maximum atomic E-state index is 12.5. The first-order chi connectivity index (χ1) is 9.86. The Morgan fingerprint density at radius 3 is 2.81 bits per heavy atom. The normalized spacial score (nSPS) is 11.8. The molecule has 0 saturated carbocycles. The Labute approximate surface area is 126 Å². The van der Waals surface area contributed by atoms with E-state index in [9.17, 15) is 13.2 Å². The second kappa shape index (κ2) is 5.96. The largest absolute Gasteiger partial charge is 0.465 e. The number of esters is 1. The van der Waals surface area contributed by atoms with Crippen LogP contribution in [0.2, 0.25) is 0 Å². The van der Waals surface area contributed by atoms with Crippen molar-refractivity contribution in [3.05, 3.63) is 33.8 Å². The number of hydrogen-bond acceptors (Lipinski definition) is 7. The standard InChI is InChI=1S/C12H14N2O5S2/c1-8-6-9(13-19-8)7-14(2)21(16,17)10-4-5-20-11(10)12(15)18-3/h4-6H,7H2,1-3H3. The fraction of sp³-hybridized carbons (Fsp3) is 0.333. The van der Waals surface area contributed by atoms with Gasteiger partial charge in [0.25, 0.3) is 0 Å². The third kappa shape index (κ3) is 3.14. The number of sulfonamides is 1. The smallest absolute Gasteiger partial charge is 0.349 e. The molecule has 7 nitrogen and oxygen atoms in total. The molecule has 2 rings (SSSR count). The van der Waals surface area contributed by atoms with Crippen LogP contribution in [0.25, 0.3) is 0 Å². The van der Waals surface area contributed by atoms with E-state index in [1.807, 2.05) is 0 Å². The van der Waals surface area contributed by atoms with Crippen molar-refractivity contribution >= 4 is 27.3 Å². The number of nitrogens with zero attached hydrogens (tertiary/aromatic N) is 2. The van der Waals surface area contributed by atoms with E-state index >= 15 is 0 Å². The summed E-state index contributed by atoms with van der Waals surface area (Å²) in [6.07, 6.45) is 0. The van der Waals surface area contributed by atoms with Gasteiger partial charge >= 0.3 is 5.97 Å². The van der Waals surface area contributed by atoms with Gasteiger partial charge in [-0.15, -0.1) is 11.3 Å². The van der Waals surface area contributed by atoms with Gasteiger partial charge in [-0.1, -0.05) is 5.16 Å². The van der Waals surface area contributed by atoms with E-state index in [0.717, 1.165) is 15.6 Å². The lowest BCUT2D eigenvalue weighted by atomic mass is 10.4. The molecule has 0 N–H and O–H groups in total. The number of carbonyl (C=O) groups is 1. The monoisotopic (exact) mass is 330 g/mol. The van der Waals surface area contributed by atoms with Crippen LogP contribution in [-0.2, 0) is 21.3 Å². The minimum atomic E-state index is -3.81. The summed E-state index contributed by atoms with van der Waals surface area (Å²) in [6.45, 7) is 1.77. The lowest BCUT2D eigenvalue weighted by Gasteiger charge is -2.15. The highest BCUT2D eigenvalue weighted by Gasteiger charge is 2.28. The highest BCUT2D eigenvalue weighted by atomic mass is 32.2. The summed E-state index contributed by atoms with van der Waals surface area (Å²) in [7, 11) is -1.19. The molecule has 0 aliphatic carbocycles.